The zero-order chi connectivity index (χ0) is 24.9. The van der Waals surface area contributed by atoms with Crippen molar-refractivity contribution < 1.29 is 4.79 Å². The number of nitrogens with zero attached hydrogens (tertiary/aromatic N) is 3. The van der Waals surface area contributed by atoms with Gasteiger partial charge in [-0.3, -0.25) is 14.6 Å². The summed E-state index contributed by atoms with van der Waals surface area (Å²) in [5.74, 6) is 0.572. The lowest BCUT2D eigenvalue weighted by Gasteiger charge is -2.11. The third-order valence-corrected chi connectivity index (χ3v) is 6.76. The van der Waals surface area contributed by atoms with Crippen LogP contribution in [0, 0.1) is 6.92 Å². The van der Waals surface area contributed by atoms with Gasteiger partial charge in [0, 0.05) is 24.5 Å². The van der Waals surface area contributed by atoms with Crippen molar-refractivity contribution in [3.05, 3.63) is 117 Å². The van der Waals surface area contributed by atoms with Crippen LogP contribution in [0.25, 0.3) is 16.5 Å². The molecule has 0 spiro atoms. The third kappa shape index (κ3) is 5.34. The summed E-state index contributed by atoms with van der Waals surface area (Å²) in [4.78, 5) is 34.3. The number of benzene rings is 2. The van der Waals surface area contributed by atoms with Gasteiger partial charge in [-0.15, -0.1) is 11.3 Å². The average Bonchev–Trinajstić information content (AvgIpc) is 3.57. The molecular formula is C28H25N5O2S. The molecule has 36 heavy (non-hydrogen) atoms. The molecule has 7 nitrogen and oxygen atoms in total. The van der Waals surface area contributed by atoms with Gasteiger partial charge in [-0.05, 0) is 35.9 Å². The van der Waals surface area contributed by atoms with Gasteiger partial charge in [0.05, 0.1) is 10.6 Å². The van der Waals surface area contributed by atoms with E-state index in [9.17, 15) is 9.59 Å². The van der Waals surface area contributed by atoms with Gasteiger partial charge in [-0.2, -0.15) is 9.78 Å². The molecule has 0 radical (unpaired) electrons. The Hall–Kier alpha value is -4.30. The Morgan fingerprint density at radius 2 is 1.72 bits per heavy atom. The Morgan fingerprint density at radius 1 is 1.00 bits per heavy atom. The minimum absolute atomic E-state index is 0.141. The van der Waals surface area contributed by atoms with Crippen molar-refractivity contribution in [2.75, 3.05) is 5.32 Å². The normalized spacial score (nSPS) is 10.9. The van der Waals surface area contributed by atoms with Crippen molar-refractivity contribution in [1.82, 2.24) is 19.7 Å². The fourth-order valence-electron chi connectivity index (χ4n) is 3.99. The minimum atomic E-state index is -0.226. The second-order valence-corrected chi connectivity index (χ2v) is 9.40. The van der Waals surface area contributed by atoms with Gasteiger partial charge in [0.2, 0.25) is 11.9 Å². The predicted octanol–water partition coefficient (Wildman–Crippen LogP) is 5.15. The van der Waals surface area contributed by atoms with Gasteiger partial charge in [0.1, 0.15) is 11.5 Å². The van der Waals surface area contributed by atoms with Crippen LogP contribution >= 0.6 is 11.3 Å². The first-order valence-corrected chi connectivity index (χ1v) is 12.6. The van der Waals surface area contributed by atoms with Crippen LogP contribution in [0.4, 0.5) is 5.82 Å². The molecule has 5 aromatic rings. The van der Waals surface area contributed by atoms with E-state index in [-0.39, 0.29) is 17.4 Å². The molecule has 1 amide bonds. The molecule has 0 aliphatic rings. The maximum atomic E-state index is 13.0. The summed E-state index contributed by atoms with van der Waals surface area (Å²) in [5.41, 5.74) is 3.81. The lowest BCUT2D eigenvalue weighted by molar-refractivity contribution is -0.116. The highest BCUT2D eigenvalue weighted by atomic mass is 32.1. The van der Waals surface area contributed by atoms with Gasteiger partial charge < -0.3 is 5.32 Å². The largest absolute Gasteiger partial charge is 0.310 e. The summed E-state index contributed by atoms with van der Waals surface area (Å²) in [7, 11) is 0. The summed E-state index contributed by atoms with van der Waals surface area (Å²) in [6.45, 7) is 1.82. The highest BCUT2D eigenvalue weighted by Crippen LogP contribution is 2.27. The highest BCUT2D eigenvalue weighted by molar-refractivity contribution is 7.13. The SMILES string of the molecule is Cc1nc(-n2nc(-c3cccs3)cc2NC(=O)CCc2ccccc2)[nH]c(=O)c1Cc1ccccc1. The molecule has 2 N–H and O–H groups in total. The number of aromatic amines is 1. The van der Waals surface area contributed by atoms with E-state index in [0.29, 0.717) is 42.0 Å². The summed E-state index contributed by atoms with van der Waals surface area (Å²) in [6.07, 6.45) is 1.43. The fourth-order valence-corrected chi connectivity index (χ4v) is 4.67. The van der Waals surface area contributed by atoms with E-state index in [1.54, 1.807) is 17.4 Å². The molecule has 0 fully saturated rings. The molecule has 0 saturated carbocycles. The number of thiophene rings is 1. The van der Waals surface area contributed by atoms with E-state index >= 15 is 0 Å². The molecule has 0 bridgehead atoms. The Bertz CT molecular complexity index is 1520. The number of aromatic nitrogens is 4. The molecule has 8 heteroatoms. The van der Waals surface area contributed by atoms with Crippen LogP contribution < -0.4 is 10.9 Å². The first kappa shape index (κ1) is 23.4. The smallest absolute Gasteiger partial charge is 0.256 e. The van der Waals surface area contributed by atoms with Crippen molar-refractivity contribution in [2.24, 2.45) is 0 Å². The summed E-state index contributed by atoms with van der Waals surface area (Å²) < 4.78 is 1.50. The van der Waals surface area contributed by atoms with Crippen LogP contribution in [0.15, 0.2) is 89.0 Å². The number of aryl methyl sites for hydroxylation is 2. The third-order valence-electron chi connectivity index (χ3n) is 5.87. The van der Waals surface area contributed by atoms with Gasteiger partial charge in [-0.25, -0.2) is 4.98 Å². The molecular weight excluding hydrogens is 470 g/mol. The number of anilines is 1. The number of carbonyl (C=O) groups excluding carboxylic acids is 1. The zero-order valence-corrected chi connectivity index (χ0v) is 20.6. The van der Waals surface area contributed by atoms with Crippen LogP contribution in [0.5, 0.6) is 0 Å². The number of amides is 1. The average molecular weight is 496 g/mol. The number of H-pyrrole nitrogens is 1. The van der Waals surface area contributed by atoms with E-state index in [0.717, 1.165) is 16.0 Å². The van der Waals surface area contributed by atoms with Crippen molar-refractivity contribution in [1.29, 1.82) is 0 Å². The molecule has 0 aliphatic carbocycles. The molecule has 0 atom stereocenters. The number of rotatable bonds is 8. The van der Waals surface area contributed by atoms with E-state index in [2.05, 4.69) is 20.4 Å². The molecule has 180 valence electrons. The Kier molecular flexibility index (Phi) is 6.86. The van der Waals surface area contributed by atoms with Crippen LogP contribution in [-0.2, 0) is 17.6 Å². The Balaban J connectivity index is 1.44. The van der Waals surface area contributed by atoms with Gasteiger partial charge >= 0.3 is 0 Å². The van der Waals surface area contributed by atoms with Crippen LogP contribution in [-0.4, -0.2) is 25.7 Å². The lowest BCUT2D eigenvalue weighted by Crippen LogP contribution is -2.22. The maximum Gasteiger partial charge on any atom is 0.256 e. The molecule has 5 rings (SSSR count). The zero-order valence-electron chi connectivity index (χ0n) is 19.8. The standard InChI is InChI=1S/C28H25N5O2S/c1-19-22(17-21-11-6-3-7-12-21)27(35)31-28(29-19)33-25(18-23(32-33)24-13-8-16-36-24)30-26(34)15-14-20-9-4-2-5-10-20/h2-13,16,18H,14-15,17H2,1H3,(H,30,34)(H,29,31,35). The summed E-state index contributed by atoms with van der Waals surface area (Å²) >= 11 is 1.55. The van der Waals surface area contributed by atoms with Crippen LogP contribution in [0.3, 0.4) is 0 Å². The van der Waals surface area contributed by atoms with Gasteiger partial charge in [0.25, 0.3) is 5.56 Å². The van der Waals surface area contributed by atoms with Gasteiger partial charge in [-0.1, -0.05) is 66.7 Å². The quantitative estimate of drug-likeness (QED) is 0.311. The Labute approximate surface area is 212 Å². The molecule has 0 unspecified atom stereocenters. The minimum Gasteiger partial charge on any atom is -0.310 e. The van der Waals surface area contributed by atoms with E-state index in [1.165, 1.54) is 4.68 Å². The van der Waals surface area contributed by atoms with Gasteiger partial charge in [0.15, 0.2) is 0 Å². The predicted molar refractivity (Wildman–Crippen MR) is 143 cm³/mol. The summed E-state index contributed by atoms with van der Waals surface area (Å²) in [5, 5.41) is 9.60. The van der Waals surface area contributed by atoms with Crippen LogP contribution in [0.1, 0.15) is 28.8 Å². The van der Waals surface area contributed by atoms with Crippen molar-refractivity contribution in [3.8, 4) is 16.5 Å². The summed E-state index contributed by atoms with van der Waals surface area (Å²) in [6, 6.07) is 25.4. The highest BCUT2D eigenvalue weighted by Gasteiger charge is 2.18. The number of hydrogen-bond donors (Lipinski definition) is 2. The first-order valence-electron chi connectivity index (χ1n) is 11.7. The van der Waals surface area contributed by atoms with E-state index in [1.807, 2.05) is 85.1 Å². The second-order valence-electron chi connectivity index (χ2n) is 8.45. The van der Waals surface area contributed by atoms with E-state index < -0.39 is 0 Å². The number of hydrogen-bond acceptors (Lipinski definition) is 5. The number of nitrogens with one attached hydrogen (secondary N) is 2. The molecule has 3 aromatic heterocycles. The van der Waals surface area contributed by atoms with Crippen molar-refractivity contribution >= 4 is 23.1 Å². The molecule has 0 saturated heterocycles. The molecule has 2 aromatic carbocycles. The molecule has 3 heterocycles. The first-order chi connectivity index (χ1) is 17.6. The topological polar surface area (TPSA) is 92.7 Å². The van der Waals surface area contributed by atoms with Crippen molar-refractivity contribution in [2.45, 2.75) is 26.2 Å². The van der Waals surface area contributed by atoms with Crippen molar-refractivity contribution in [3.63, 3.8) is 0 Å². The second kappa shape index (κ2) is 10.5. The number of carbonyl (C=O) groups is 1. The maximum absolute atomic E-state index is 13.0. The van der Waals surface area contributed by atoms with E-state index in [4.69, 9.17) is 0 Å². The lowest BCUT2D eigenvalue weighted by atomic mass is 10.1. The van der Waals surface area contributed by atoms with Crippen LogP contribution in [0.2, 0.25) is 0 Å². The monoisotopic (exact) mass is 495 g/mol. The fraction of sp³-hybridized carbons (Fsp3) is 0.143. The Morgan fingerprint density at radius 3 is 2.39 bits per heavy atom. The molecule has 0 aliphatic heterocycles.